The Hall–Kier alpha value is -0.500. The number of hydrogen-bond acceptors (Lipinski definition) is 2. The molecule has 0 aliphatic heterocycles. The van der Waals surface area contributed by atoms with Crippen LogP contribution in [-0.2, 0) is 0 Å². The molecular formula is C28H47NO. The third kappa shape index (κ3) is 2.36. The first-order valence-electron chi connectivity index (χ1n) is 13.1. The van der Waals surface area contributed by atoms with Gasteiger partial charge in [0, 0.05) is 11.0 Å². The van der Waals surface area contributed by atoms with E-state index in [0.717, 1.165) is 30.1 Å². The average molecular weight is 414 g/mol. The number of allylic oxidation sites excluding steroid dienone is 2. The van der Waals surface area contributed by atoms with Crippen LogP contribution in [0.2, 0.25) is 0 Å². The molecule has 2 heteroatoms. The van der Waals surface area contributed by atoms with Crippen molar-refractivity contribution in [3.8, 4) is 0 Å². The molecule has 0 spiro atoms. The fourth-order valence-electron chi connectivity index (χ4n) is 10.9. The zero-order valence-electron chi connectivity index (χ0n) is 20.6. The Morgan fingerprint density at radius 2 is 1.63 bits per heavy atom. The summed E-state index contributed by atoms with van der Waals surface area (Å²) in [6.07, 6.45) is 15.1. The van der Waals surface area contributed by atoms with E-state index in [4.69, 9.17) is 5.73 Å². The maximum Gasteiger partial charge on any atom is 0.0942 e. The molecule has 9 atom stereocenters. The molecule has 0 amide bonds. The van der Waals surface area contributed by atoms with Crippen LogP contribution >= 0.6 is 0 Å². The Morgan fingerprint density at radius 3 is 2.33 bits per heavy atom. The predicted molar refractivity (Wildman–Crippen MR) is 125 cm³/mol. The third-order valence-corrected chi connectivity index (χ3v) is 12.7. The Kier molecular flexibility index (Phi) is 4.48. The molecule has 3 N–H and O–H groups in total. The van der Waals surface area contributed by atoms with E-state index >= 15 is 0 Å². The smallest absolute Gasteiger partial charge is 0.0942 e. The van der Waals surface area contributed by atoms with E-state index in [9.17, 15) is 5.11 Å². The Bertz CT molecular complexity index is 756. The highest BCUT2D eigenvalue weighted by Gasteiger charge is 2.69. The quantitative estimate of drug-likeness (QED) is 0.476. The van der Waals surface area contributed by atoms with Crippen LogP contribution in [0, 0.1) is 51.2 Å². The summed E-state index contributed by atoms with van der Waals surface area (Å²) in [5.41, 5.74) is 8.33. The van der Waals surface area contributed by atoms with Crippen LogP contribution in [0.4, 0.5) is 0 Å². The predicted octanol–water partition coefficient (Wildman–Crippen LogP) is 7.24. The zero-order valence-corrected chi connectivity index (χ0v) is 20.6. The van der Waals surface area contributed by atoms with Gasteiger partial charge in [0.25, 0.3) is 0 Å². The second-order valence-electron chi connectivity index (χ2n) is 13.6. The van der Waals surface area contributed by atoms with Gasteiger partial charge in [-0.2, -0.15) is 0 Å². The van der Waals surface area contributed by atoms with Gasteiger partial charge in [-0.1, -0.05) is 48.0 Å². The maximum atomic E-state index is 10.7. The standard InChI is InChI=1S/C28H47NO/c1-7-18-10-15-28(29)17-16-26(5)19(23(18)28)8-9-21-25(4)13-12-22(30)24(2,3)20(25)11-14-27(21,26)6/h12,18-21,23,30H,7-11,13-17,29H2,1-6H3/t18-,19-,20+,21-,23-,25+,26-,27-,28+/m1/s1. The van der Waals surface area contributed by atoms with Gasteiger partial charge in [-0.05, 0) is 110 Å². The molecule has 2 nitrogen and oxygen atoms in total. The summed E-state index contributed by atoms with van der Waals surface area (Å²) in [6.45, 7) is 15.0. The molecule has 0 heterocycles. The molecule has 5 aliphatic rings. The van der Waals surface area contributed by atoms with Crippen LogP contribution in [-0.4, -0.2) is 10.6 Å². The van der Waals surface area contributed by atoms with Gasteiger partial charge in [-0.3, -0.25) is 0 Å². The summed E-state index contributed by atoms with van der Waals surface area (Å²) < 4.78 is 0. The van der Waals surface area contributed by atoms with Crippen LogP contribution in [0.1, 0.15) is 106 Å². The van der Waals surface area contributed by atoms with Gasteiger partial charge < -0.3 is 10.8 Å². The van der Waals surface area contributed by atoms with Crippen LogP contribution in [0.3, 0.4) is 0 Å². The lowest BCUT2D eigenvalue weighted by atomic mass is 9.33. The second kappa shape index (κ2) is 6.30. The summed E-state index contributed by atoms with van der Waals surface area (Å²) in [4.78, 5) is 0. The molecule has 4 fully saturated rings. The molecule has 0 aromatic carbocycles. The molecule has 0 aromatic rings. The SMILES string of the molecule is CC[C@@H]1CC[C@]2(N)CC[C@]3(C)[C@H](CC[C@@H]4[C@@]5(C)CC=C(O)C(C)(C)[C@@H]5CC[C@]43C)[C@@H]12. The van der Waals surface area contributed by atoms with Crippen molar-refractivity contribution in [1.82, 2.24) is 0 Å². The van der Waals surface area contributed by atoms with E-state index in [1.165, 1.54) is 57.8 Å². The molecule has 0 saturated heterocycles. The first kappa shape index (κ1) is 21.4. The van der Waals surface area contributed by atoms with Crippen molar-refractivity contribution in [2.45, 2.75) is 111 Å². The highest BCUT2D eigenvalue weighted by Crippen LogP contribution is 2.75. The molecule has 0 aromatic heterocycles. The van der Waals surface area contributed by atoms with Crippen LogP contribution < -0.4 is 5.73 Å². The van der Waals surface area contributed by atoms with Gasteiger partial charge in [0.2, 0.25) is 0 Å². The average Bonchev–Trinajstić information content (AvgIpc) is 3.03. The molecule has 0 bridgehead atoms. The molecule has 0 unspecified atom stereocenters. The topological polar surface area (TPSA) is 46.2 Å². The summed E-state index contributed by atoms with van der Waals surface area (Å²) in [5.74, 6) is 4.42. The largest absolute Gasteiger partial charge is 0.512 e. The number of aliphatic hydroxyl groups excluding tert-OH is 1. The van der Waals surface area contributed by atoms with Gasteiger partial charge in [0.15, 0.2) is 0 Å². The first-order valence-corrected chi connectivity index (χ1v) is 13.1. The fraction of sp³-hybridized carbons (Fsp3) is 0.929. The Morgan fingerprint density at radius 1 is 0.900 bits per heavy atom. The van der Waals surface area contributed by atoms with Crippen molar-refractivity contribution >= 4 is 0 Å². The fourth-order valence-corrected chi connectivity index (χ4v) is 10.9. The van der Waals surface area contributed by atoms with Crippen LogP contribution in [0.15, 0.2) is 11.8 Å². The van der Waals surface area contributed by atoms with E-state index in [1.54, 1.807) is 0 Å². The lowest BCUT2D eigenvalue weighted by Gasteiger charge is -2.72. The summed E-state index contributed by atoms with van der Waals surface area (Å²) in [7, 11) is 0. The van der Waals surface area contributed by atoms with E-state index in [2.05, 4.69) is 47.6 Å². The monoisotopic (exact) mass is 413 g/mol. The zero-order chi connectivity index (χ0) is 21.7. The van der Waals surface area contributed by atoms with E-state index in [0.29, 0.717) is 27.9 Å². The number of rotatable bonds is 1. The van der Waals surface area contributed by atoms with Crippen molar-refractivity contribution < 1.29 is 5.11 Å². The highest BCUT2D eigenvalue weighted by molar-refractivity contribution is 5.24. The van der Waals surface area contributed by atoms with E-state index < -0.39 is 0 Å². The van der Waals surface area contributed by atoms with Gasteiger partial charge in [-0.25, -0.2) is 0 Å². The number of aliphatic hydroxyl groups is 1. The summed E-state index contributed by atoms with van der Waals surface area (Å²) >= 11 is 0. The Labute approximate surface area is 185 Å². The first-order chi connectivity index (χ1) is 13.9. The molecule has 170 valence electrons. The summed E-state index contributed by atoms with van der Waals surface area (Å²) in [5, 5.41) is 10.7. The molecule has 5 rings (SSSR count). The highest BCUT2D eigenvalue weighted by atomic mass is 16.3. The maximum absolute atomic E-state index is 10.7. The minimum atomic E-state index is -0.0795. The number of fused-ring (bicyclic) bond motifs is 7. The minimum absolute atomic E-state index is 0.0795. The summed E-state index contributed by atoms with van der Waals surface area (Å²) in [6, 6.07) is 0. The van der Waals surface area contributed by atoms with Crippen molar-refractivity contribution in [3.05, 3.63) is 11.8 Å². The lowest BCUT2D eigenvalue weighted by molar-refractivity contribution is -0.222. The van der Waals surface area contributed by atoms with Crippen molar-refractivity contribution in [2.75, 3.05) is 0 Å². The molecular weight excluding hydrogens is 366 g/mol. The second-order valence-corrected chi connectivity index (χ2v) is 13.6. The van der Waals surface area contributed by atoms with Crippen LogP contribution in [0.5, 0.6) is 0 Å². The molecule has 5 aliphatic carbocycles. The normalized spacial score (nSPS) is 56.9. The Balaban J connectivity index is 1.55. The van der Waals surface area contributed by atoms with Gasteiger partial charge in [0.1, 0.15) is 0 Å². The van der Waals surface area contributed by atoms with Crippen molar-refractivity contribution in [2.24, 2.45) is 57.0 Å². The van der Waals surface area contributed by atoms with Crippen molar-refractivity contribution in [1.29, 1.82) is 0 Å². The van der Waals surface area contributed by atoms with Gasteiger partial charge in [0.05, 0.1) is 5.76 Å². The van der Waals surface area contributed by atoms with Crippen LogP contribution in [0.25, 0.3) is 0 Å². The van der Waals surface area contributed by atoms with Gasteiger partial charge >= 0.3 is 0 Å². The molecule has 4 saturated carbocycles. The number of hydrogen-bond donors (Lipinski definition) is 2. The number of nitrogens with two attached hydrogens (primary N) is 1. The van der Waals surface area contributed by atoms with Gasteiger partial charge in [-0.15, -0.1) is 0 Å². The van der Waals surface area contributed by atoms with E-state index in [1.807, 2.05) is 0 Å². The van der Waals surface area contributed by atoms with E-state index in [-0.39, 0.29) is 11.0 Å². The third-order valence-electron chi connectivity index (χ3n) is 12.7. The minimum Gasteiger partial charge on any atom is -0.512 e. The lowest BCUT2D eigenvalue weighted by Crippen LogP contribution is -2.67. The molecule has 30 heavy (non-hydrogen) atoms. The van der Waals surface area contributed by atoms with Crippen molar-refractivity contribution in [3.63, 3.8) is 0 Å². The molecule has 0 radical (unpaired) electrons.